The van der Waals surface area contributed by atoms with Gasteiger partial charge in [-0.3, -0.25) is 2.78 Å². The van der Waals surface area contributed by atoms with Crippen molar-refractivity contribution in [3.8, 4) is 0 Å². The summed E-state index contributed by atoms with van der Waals surface area (Å²) in [6, 6.07) is 9.37. The van der Waals surface area contributed by atoms with Crippen molar-refractivity contribution in [2.45, 2.75) is 6.61 Å². The number of anilines is 1. The summed E-state index contributed by atoms with van der Waals surface area (Å²) in [6.45, 7) is 0.157. The average molecular weight is 395 g/mol. The number of carbonyl (C=O) groups is 1. The Bertz CT molecular complexity index is 803. The van der Waals surface area contributed by atoms with E-state index in [9.17, 15) is 4.79 Å². The van der Waals surface area contributed by atoms with Gasteiger partial charge < -0.3 is 10.5 Å². The number of fused-ring (bicyclic) bond motifs is 1. The molecule has 0 aliphatic heterocycles. The molecule has 0 aliphatic rings. The van der Waals surface area contributed by atoms with Gasteiger partial charge in [0.05, 0.1) is 22.9 Å². The number of hydrogen-bond donors (Lipinski definition) is 1. The number of halogens is 1. The molecule has 2 N–H and O–H groups in total. The molecule has 2 aromatic heterocycles. The Kier molecular flexibility index (Phi) is 3.69. The summed E-state index contributed by atoms with van der Waals surface area (Å²) in [5.74, 6) is -0.540. The van der Waals surface area contributed by atoms with Crippen molar-refractivity contribution in [3.05, 3.63) is 48.0 Å². The van der Waals surface area contributed by atoms with Crippen molar-refractivity contribution >= 4 is 45.8 Å². The normalized spacial score (nSPS) is 10.7. The molecule has 8 heteroatoms. The number of aromatic nitrogens is 4. The highest BCUT2D eigenvalue weighted by Crippen LogP contribution is 2.18. The number of nitrogens with zero attached hydrogens (tertiary/aromatic N) is 4. The third-order valence-corrected chi connectivity index (χ3v) is 3.48. The summed E-state index contributed by atoms with van der Waals surface area (Å²) in [6.07, 6.45) is 1.55. The van der Waals surface area contributed by atoms with Crippen LogP contribution in [0.4, 0.5) is 5.82 Å². The zero-order chi connectivity index (χ0) is 14.8. The van der Waals surface area contributed by atoms with Crippen LogP contribution in [0.2, 0.25) is 0 Å². The van der Waals surface area contributed by atoms with E-state index < -0.39 is 5.97 Å². The molecule has 2 heterocycles. The zero-order valence-corrected chi connectivity index (χ0v) is 12.9. The second-order valence-corrected chi connectivity index (χ2v) is 5.26. The fourth-order valence-corrected chi connectivity index (χ4v) is 2.24. The lowest BCUT2D eigenvalue weighted by atomic mass is 10.2. The van der Waals surface area contributed by atoms with Crippen molar-refractivity contribution in [2.24, 2.45) is 0 Å². The molecule has 0 saturated carbocycles. The standard InChI is InChI=1S/C13H10IN5O2/c14-19-7-16-9-10(15)17-11(18-12(9)19)13(20)21-6-8-4-2-1-3-5-8/h1-5,7H,6H2,(H2,15,17,18). The highest BCUT2D eigenvalue weighted by Gasteiger charge is 2.17. The molecule has 3 rings (SSSR count). The first-order valence-corrected chi connectivity index (χ1v) is 6.99. The van der Waals surface area contributed by atoms with E-state index in [1.54, 1.807) is 9.11 Å². The topological polar surface area (TPSA) is 95.9 Å². The molecule has 21 heavy (non-hydrogen) atoms. The lowest BCUT2D eigenvalue weighted by molar-refractivity contribution is 0.0459. The lowest BCUT2D eigenvalue weighted by Gasteiger charge is -2.04. The van der Waals surface area contributed by atoms with Crippen LogP contribution >= 0.6 is 22.9 Å². The van der Waals surface area contributed by atoms with Crippen molar-refractivity contribution in [3.63, 3.8) is 0 Å². The second kappa shape index (κ2) is 5.64. The summed E-state index contributed by atoms with van der Waals surface area (Å²) < 4.78 is 6.82. The van der Waals surface area contributed by atoms with E-state index in [0.29, 0.717) is 11.2 Å². The highest BCUT2D eigenvalue weighted by atomic mass is 127. The number of benzene rings is 1. The molecule has 0 atom stereocenters. The number of nitrogens with two attached hydrogens (primary N) is 1. The maximum atomic E-state index is 12.0. The van der Waals surface area contributed by atoms with Gasteiger partial charge in [-0.05, 0) is 5.56 Å². The minimum Gasteiger partial charge on any atom is -0.455 e. The number of rotatable bonds is 3. The van der Waals surface area contributed by atoms with E-state index in [1.165, 1.54) is 0 Å². The Morgan fingerprint density at radius 3 is 2.81 bits per heavy atom. The van der Waals surface area contributed by atoms with E-state index in [1.807, 2.05) is 53.2 Å². The number of nitrogen functional groups attached to an aromatic ring is 1. The molecule has 0 saturated heterocycles. The smallest absolute Gasteiger partial charge is 0.376 e. The van der Waals surface area contributed by atoms with E-state index >= 15 is 0 Å². The van der Waals surface area contributed by atoms with Crippen LogP contribution in [0.3, 0.4) is 0 Å². The molecule has 0 spiro atoms. The number of hydrogen-bond acceptors (Lipinski definition) is 6. The van der Waals surface area contributed by atoms with Crippen LogP contribution in [0, 0.1) is 0 Å². The van der Waals surface area contributed by atoms with Gasteiger partial charge in [-0.15, -0.1) is 0 Å². The van der Waals surface area contributed by atoms with Gasteiger partial charge >= 0.3 is 5.97 Å². The number of ether oxygens (including phenoxy) is 1. The van der Waals surface area contributed by atoms with Gasteiger partial charge in [0.1, 0.15) is 12.9 Å². The van der Waals surface area contributed by atoms with E-state index in [2.05, 4.69) is 15.0 Å². The first-order chi connectivity index (χ1) is 10.1. The molecule has 0 radical (unpaired) electrons. The summed E-state index contributed by atoms with van der Waals surface area (Å²) in [5, 5.41) is 0. The van der Waals surface area contributed by atoms with Gasteiger partial charge in [0.25, 0.3) is 0 Å². The minimum atomic E-state index is -0.620. The Hall–Kier alpha value is -2.23. The first-order valence-electron chi connectivity index (χ1n) is 6.03. The number of esters is 1. The number of imidazole rings is 1. The summed E-state index contributed by atoms with van der Waals surface area (Å²) in [4.78, 5) is 24.2. The quantitative estimate of drug-likeness (QED) is 0.538. The van der Waals surface area contributed by atoms with E-state index in [-0.39, 0.29) is 18.2 Å². The van der Waals surface area contributed by atoms with Gasteiger partial charge in [-0.25, -0.2) is 19.7 Å². The molecule has 7 nitrogen and oxygen atoms in total. The summed E-state index contributed by atoms with van der Waals surface area (Å²) in [7, 11) is 0. The Labute approximate surface area is 133 Å². The predicted octanol–water partition coefficient (Wildman–Crippen LogP) is 1.96. The molecule has 1 aromatic carbocycles. The SMILES string of the molecule is Nc1nc(C(=O)OCc2ccccc2)nc2c1ncn2I. The fraction of sp³-hybridized carbons (Fsp3) is 0.0769. The third kappa shape index (κ3) is 2.79. The predicted molar refractivity (Wildman–Crippen MR) is 84.7 cm³/mol. The van der Waals surface area contributed by atoms with Crippen LogP contribution in [0.15, 0.2) is 36.7 Å². The second-order valence-electron chi connectivity index (χ2n) is 4.22. The van der Waals surface area contributed by atoms with E-state index in [0.717, 1.165) is 5.56 Å². The Morgan fingerprint density at radius 1 is 1.29 bits per heavy atom. The number of carbonyl (C=O) groups excluding carboxylic acids is 1. The summed E-state index contributed by atoms with van der Waals surface area (Å²) in [5.41, 5.74) is 7.61. The first kappa shape index (κ1) is 13.7. The van der Waals surface area contributed by atoms with Crippen molar-refractivity contribution in [2.75, 3.05) is 5.73 Å². The average Bonchev–Trinajstić information content (AvgIpc) is 2.88. The van der Waals surface area contributed by atoms with Crippen LogP contribution in [-0.4, -0.2) is 23.7 Å². The summed E-state index contributed by atoms with van der Waals surface area (Å²) >= 11 is 2.00. The molecule has 0 bridgehead atoms. The monoisotopic (exact) mass is 395 g/mol. The Morgan fingerprint density at radius 2 is 2.05 bits per heavy atom. The zero-order valence-electron chi connectivity index (χ0n) is 10.7. The molecular weight excluding hydrogens is 385 g/mol. The van der Waals surface area contributed by atoms with Crippen molar-refractivity contribution in [1.29, 1.82) is 0 Å². The molecule has 0 amide bonds. The largest absolute Gasteiger partial charge is 0.455 e. The Balaban J connectivity index is 1.83. The molecule has 0 aliphatic carbocycles. The van der Waals surface area contributed by atoms with Crippen LogP contribution in [-0.2, 0) is 11.3 Å². The van der Waals surface area contributed by atoms with Gasteiger partial charge in [0, 0.05) is 0 Å². The lowest BCUT2D eigenvalue weighted by Crippen LogP contribution is -2.12. The molecule has 106 valence electrons. The fourth-order valence-electron chi connectivity index (χ4n) is 1.77. The van der Waals surface area contributed by atoms with E-state index in [4.69, 9.17) is 10.5 Å². The van der Waals surface area contributed by atoms with Gasteiger partial charge in [-0.2, -0.15) is 0 Å². The molecular formula is C13H10IN5O2. The molecule has 3 aromatic rings. The molecule has 0 unspecified atom stereocenters. The highest BCUT2D eigenvalue weighted by molar-refractivity contribution is 14.1. The maximum Gasteiger partial charge on any atom is 0.376 e. The van der Waals surface area contributed by atoms with Crippen molar-refractivity contribution in [1.82, 2.24) is 17.7 Å². The van der Waals surface area contributed by atoms with Crippen LogP contribution in [0.25, 0.3) is 11.2 Å². The van der Waals surface area contributed by atoms with Crippen molar-refractivity contribution < 1.29 is 9.53 Å². The maximum absolute atomic E-state index is 12.0. The van der Waals surface area contributed by atoms with Gasteiger partial charge in [0.2, 0.25) is 5.82 Å². The third-order valence-electron chi connectivity index (χ3n) is 2.78. The molecule has 0 fully saturated rings. The van der Waals surface area contributed by atoms with Crippen LogP contribution in [0.1, 0.15) is 16.2 Å². The van der Waals surface area contributed by atoms with Crippen LogP contribution in [0.5, 0.6) is 0 Å². The van der Waals surface area contributed by atoms with Gasteiger partial charge in [-0.1, -0.05) is 30.3 Å². The van der Waals surface area contributed by atoms with Crippen LogP contribution < -0.4 is 5.73 Å². The van der Waals surface area contributed by atoms with Gasteiger partial charge in [0.15, 0.2) is 17.0 Å². The minimum absolute atomic E-state index is 0.0747.